The summed E-state index contributed by atoms with van der Waals surface area (Å²) in [4.78, 5) is 28.6. The topological polar surface area (TPSA) is 93.9 Å². The Morgan fingerprint density at radius 3 is 2.00 bits per heavy atom. The molecule has 2 atom stereocenters. The summed E-state index contributed by atoms with van der Waals surface area (Å²) in [6.45, 7) is 0.728. The summed E-state index contributed by atoms with van der Waals surface area (Å²) in [7, 11) is 3.16. The third-order valence-corrected chi connectivity index (χ3v) is 6.77. The summed E-state index contributed by atoms with van der Waals surface area (Å²) in [6, 6.07) is 23.7. The van der Waals surface area contributed by atoms with E-state index in [1.807, 2.05) is 78.9 Å². The summed E-state index contributed by atoms with van der Waals surface area (Å²) >= 11 is 0. The van der Waals surface area contributed by atoms with Crippen LogP contribution in [0, 0.1) is 0 Å². The minimum absolute atomic E-state index is 0.211. The molecule has 0 aliphatic carbocycles. The summed E-state index contributed by atoms with van der Waals surface area (Å²) in [6.07, 6.45) is 1.34. The van der Waals surface area contributed by atoms with Crippen molar-refractivity contribution in [3.8, 4) is 11.5 Å². The molecule has 1 fully saturated rings. The number of carbonyl (C=O) groups excluding carboxylic acids is 2. The predicted molar refractivity (Wildman–Crippen MR) is 139 cm³/mol. The lowest BCUT2D eigenvalue weighted by Crippen LogP contribution is -2.52. The second-order valence-corrected chi connectivity index (χ2v) is 8.87. The minimum atomic E-state index is -0.822. The Morgan fingerprint density at radius 2 is 1.47 bits per heavy atom. The van der Waals surface area contributed by atoms with Gasteiger partial charge in [-0.05, 0) is 36.1 Å². The van der Waals surface area contributed by atoms with Crippen molar-refractivity contribution in [1.29, 1.82) is 0 Å². The van der Waals surface area contributed by atoms with E-state index in [0.717, 1.165) is 23.1 Å². The number of nitrogens with one attached hydrogen (secondary N) is 1. The number of hydrogen-bond donors (Lipinski definition) is 2. The first-order chi connectivity index (χ1) is 17.5. The molecule has 4 rings (SSSR count). The molecule has 3 N–H and O–H groups in total. The zero-order valence-corrected chi connectivity index (χ0v) is 20.7. The van der Waals surface area contributed by atoms with Gasteiger partial charge in [0.2, 0.25) is 11.8 Å². The van der Waals surface area contributed by atoms with Crippen LogP contribution in [-0.4, -0.2) is 49.6 Å². The second-order valence-electron chi connectivity index (χ2n) is 8.87. The van der Waals surface area contributed by atoms with Gasteiger partial charge >= 0.3 is 0 Å². The van der Waals surface area contributed by atoms with Crippen LogP contribution >= 0.6 is 0 Å². The molecule has 3 aromatic carbocycles. The maximum absolute atomic E-state index is 13.7. The third-order valence-electron chi connectivity index (χ3n) is 6.77. The molecule has 0 radical (unpaired) electrons. The lowest BCUT2D eigenvalue weighted by molar-refractivity contribution is -0.139. The largest absolute Gasteiger partial charge is 0.496 e. The van der Waals surface area contributed by atoms with Crippen molar-refractivity contribution in [2.45, 2.75) is 37.4 Å². The normalized spacial score (nSPS) is 16.0. The summed E-state index contributed by atoms with van der Waals surface area (Å²) in [5.74, 6) is 0.508. The molecule has 1 unspecified atom stereocenters. The highest BCUT2D eigenvalue weighted by atomic mass is 16.5. The number of nitrogens with zero attached hydrogens (tertiary/aromatic N) is 1. The van der Waals surface area contributed by atoms with Crippen molar-refractivity contribution in [3.05, 3.63) is 95.6 Å². The molecule has 1 aliphatic heterocycles. The van der Waals surface area contributed by atoms with Gasteiger partial charge in [0.1, 0.15) is 17.5 Å². The van der Waals surface area contributed by atoms with Crippen LogP contribution in [0.4, 0.5) is 0 Å². The van der Waals surface area contributed by atoms with Gasteiger partial charge in [-0.1, -0.05) is 66.7 Å². The number of hydrogen-bond acceptors (Lipinski definition) is 5. The molecular formula is C29H33N3O4. The van der Waals surface area contributed by atoms with E-state index >= 15 is 0 Å². The molecular weight excluding hydrogens is 454 g/mol. The van der Waals surface area contributed by atoms with Crippen LogP contribution in [0.3, 0.4) is 0 Å². The minimum Gasteiger partial charge on any atom is -0.496 e. The van der Waals surface area contributed by atoms with E-state index in [2.05, 4.69) is 5.32 Å². The molecule has 1 saturated heterocycles. The van der Waals surface area contributed by atoms with Crippen molar-refractivity contribution in [2.75, 3.05) is 20.8 Å². The predicted octanol–water partition coefficient (Wildman–Crippen LogP) is 3.47. The van der Waals surface area contributed by atoms with Crippen molar-refractivity contribution in [2.24, 2.45) is 5.73 Å². The molecule has 0 spiro atoms. The van der Waals surface area contributed by atoms with E-state index in [9.17, 15) is 9.59 Å². The van der Waals surface area contributed by atoms with Crippen molar-refractivity contribution in [3.63, 3.8) is 0 Å². The van der Waals surface area contributed by atoms with Gasteiger partial charge in [-0.2, -0.15) is 0 Å². The van der Waals surface area contributed by atoms with Crippen molar-refractivity contribution < 1.29 is 19.1 Å². The fraction of sp³-hybridized carbons (Fsp3) is 0.310. The number of rotatable bonds is 9. The maximum Gasteiger partial charge on any atom is 0.243 e. The van der Waals surface area contributed by atoms with Crippen LogP contribution < -0.4 is 20.5 Å². The van der Waals surface area contributed by atoms with Gasteiger partial charge in [0.25, 0.3) is 0 Å². The highest BCUT2D eigenvalue weighted by Crippen LogP contribution is 2.31. The van der Waals surface area contributed by atoms with E-state index in [4.69, 9.17) is 15.2 Å². The molecule has 1 aliphatic rings. The monoisotopic (exact) mass is 487 g/mol. The van der Waals surface area contributed by atoms with Crippen LogP contribution in [0.25, 0.3) is 0 Å². The Morgan fingerprint density at radius 1 is 0.917 bits per heavy atom. The van der Waals surface area contributed by atoms with Gasteiger partial charge < -0.3 is 25.4 Å². The van der Waals surface area contributed by atoms with E-state index in [1.165, 1.54) is 0 Å². The standard InChI is InChI=1S/C29H33N3O4/c1-35-24-16-9-17-25(36-2)22(24)19-31-28(33)23-15-10-18-32(23)29(34)27(30)26(20-11-5-3-6-12-20)21-13-7-4-8-14-21/h3-9,11-14,16-17,23,26-27H,10,15,18-19,30H2,1-2H3,(H,31,33)/t23-,27?/m0/s1. The van der Waals surface area contributed by atoms with Gasteiger partial charge in [0, 0.05) is 12.5 Å². The molecule has 36 heavy (non-hydrogen) atoms. The Balaban J connectivity index is 1.52. The maximum atomic E-state index is 13.7. The number of amides is 2. The van der Waals surface area contributed by atoms with Gasteiger partial charge in [0.05, 0.1) is 32.4 Å². The Kier molecular flexibility index (Phi) is 8.23. The number of ether oxygens (including phenoxy) is 2. The zero-order chi connectivity index (χ0) is 25.5. The molecule has 0 aromatic heterocycles. The fourth-order valence-electron chi connectivity index (χ4n) is 4.96. The smallest absolute Gasteiger partial charge is 0.243 e. The molecule has 3 aromatic rings. The SMILES string of the molecule is COc1cccc(OC)c1CNC(=O)[C@@H]1CCCN1C(=O)C(N)C(c1ccccc1)c1ccccc1. The number of carbonyl (C=O) groups is 2. The highest BCUT2D eigenvalue weighted by Gasteiger charge is 2.39. The average molecular weight is 488 g/mol. The molecule has 2 amide bonds. The van der Waals surface area contributed by atoms with E-state index < -0.39 is 12.1 Å². The molecule has 1 heterocycles. The summed E-state index contributed by atoms with van der Waals surface area (Å²) in [5, 5.41) is 2.97. The quantitative estimate of drug-likeness (QED) is 0.482. The Hall–Kier alpha value is -3.84. The molecule has 0 bridgehead atoms. The fourth-order valence-corrected chi connectivity index (χ4v) is 4.96. The van der Waals surface area contributed by atoms with Crippen molar-refractivity contribution in [1.82, 2.24) is 10.2 Å². The Labute approximate surface area is 212 Å². The van der Waals surface area contributed by atoms with Crippen LogP contribution in [0.2, 0.25) is 0 Å². The molecule has 7 heteroatoms. The molecule has 7 nitrogen and oxygen atoms in total. The second kappa shape index (κ2) is 11.7. The summed E-state index contributed by atoms with van der Waals surface area (Å²) in [5.41, 5.74) is 9.33. The number of methoxy groups -OCH3 is 2. The van der Waals surface area contributed by atoms with E-state index in [0.29, 0.717) is 24.5 Å². The Bertz CT molecular complexity index is 1110. The van der Waals surface area contributed by atoms with Gasteiger partial charge in [-0.3, -0.25) is 9.59 Å². The summed E-state index contributed by atoms with van der Waals surface area (Å²) < 4.78 is 10.9. The van der Waals surface area contributed by atoms with Gasteiger partial charge in [0.15, 0.2) is 0 Å². The average Bonchev–Trinajstić information content (AvgIpc) is 3.42. The lowest BCUT2D eigenvalue weighted by Gasteiger charge is -2.31. The van der Waals surface area contributed by atoms with Crippen LogP contribution in [0.15, 0.2) is 78.9 Å². The van der Waals surface area contributed by atoms with Gasteiger partial charge in [-0.15, -0.1) is 0 Å². The molecule has 0 saturated carbocycles. The van der Waals surface area contributed by atoms with Crippen LogP contribution in [-0.2, 0) is 16.1 Å². The van der Waals surface area contributed by atoms with Crippen LogP contribution in [0.1, 0.15) is 35.4 Å². The number of likely N-dealkylation sites (tertiary alicyclic amines) is 1. The van der Waals surface area contributed by atoms with Crippen LogP contribution in [0.5, 0.6) is 11.5 Å². The number of nitrogens with two attached hydrogens (primary N) is 1. The first kappa shape index (κ1) is 25.3. The van der Waals surface area contributed by atoms with E-state index in [1.54, 1.807) is 19.1 Å². The third kappa shape index (κ3) is 5.36. The van der Waals surface area contributed by atoms with E-state index in [-0.39, 0.29) is 24.3 Å². The van der Waals surface area contributed by atoms with Gasteiger partial charge in [-0.25, -0.2) is 0 Å². The first-order valence-corrected chi connectivity index (χ1v) is 12.2. The highest BCUT2D eigenvalue weighted by molar-refractivity contribution is 5.91. The van der Waals surface area contributed by atoms with Crippen molar-refractivity contribution >= 4 is 11.8 Å². The number of benzene rings is 3. The zero-order valence-electron chi connectivity index (χ0n) is 20.7. The first-order valence-electron chi connectivity index (χ1n) is 12.2. The molecule has 188 valence electrons. The lowest BCUT2D eigenvalue weighted by atomic mass is 9.84.